The largest absolute Gasteiger partial charge is 0.317 e. The van der Waals surface area contributed by atoms with Crippen molar-refractivity contribution in [3.05, 3.63) is 21.9 Å². The van der Waals surface area contributed by atoms with Gasteiger partial charge in [-0.3, -0.25) is 0 Å². The first-order valence-corrected chi connectivity index (χ1v) is 6.95. The second kappa shape index (κ2) is 5.13. The molecule has 2 atom stereocenters. The summed E-state index contributed by atoms with van der Waals surface area (Å²) in [5.74, 6) is 1.71. The zero-order valence-electron chi connectivity index (χ0n) is 9.75. The minimum atomic E-state index is 0.837. The molecule has 1 nitrogen and oxygen atoms in total. The molecule has 0 aromatic carbocycles. The molecule has 1 N–H and O–H groups in total. The molecule has 2 rings (SSSR count). The van der Waals surface area contributed by atoms with Crippen molar-refractivity contribution in [2.45, 2.75) is 39.0 Å². The van der Waals surface area contributed by atoms with Crippen LogP contribution in [0.2, 0.25) is 0 Å². The molecule has 2 heteroatoms. The molecule has 1 aliphatic rings. The van der Waals surface area contributed by atoms with Gasteiger partial charge in [-0.25, -0.2) is 0 Å². The lowest BCUT2D eigenvalue weighted by Crippen LogP contribution is -2.24. The Bertz CT molecular complexity index is 305. The Morgan fingerprint density at radius 1 is 1.47 bits per heavy atom. The summed E-state index contributed by atoms with van der Waals surface area (Å²) in [6, 6.07) is 2.27. The highest BCUT2D eigenvalue weighted by molar-refractivity contribution is 7.10. The highest BCUT2D eigenvalue weighted by Crippen LogP contribution is 2.42. The van der Waals surface area contributed by atoms with Crippen molar-refractivity contribution in [3.8, 4) is 0 Å². The maximum absolute atomic E-state index is 3.51. The van der Waals surface area contributed by atoms with E-state index in [1.807, 2.05) is 11.3 Å². The van der Waals surface area contributed by atoms with Gasteiger partial charge in [0.05, 0.1) is 0 Å². The Morgan fingerprint density at radius 3 is 3.00 bits per heavy atom. The van der Waals surface area contributed by atoms with Gasteiger partial charge in [0.25, 0.3) is 0 Å². The lowest BCUT2D eigenvalue weighted by Gasteiger charge is -2.19. The second-order valence-electron chi connectivity index (χ2n) is 4.57. The zero-order chi connectivity index (χ0) is 10.7. The van der Waals surface area contributed by atoms with Crippen molar-refractivity contribution < 1.29 is 0 Å². The van der Waals surface area contributed by atoms with Crippen LogP contribution < -0.4 is 5.32 Å². The Morgan fingerprint density at radius 2 is 2.33 bits per heavy atom. The van der Waals surface area contributed by atoms with Gasteiger partial charge in [-0.05, 0) is 61.7 Å². The topological polar surface area (TPSA) is 12.0 Å². The maximum atomic E-state index is 3.51. The van der Waals surface area contributed by atoms with Gasteiger partial charge in [0.2, 0.25) is 0 Å². The Labute approximate surface area is 96.9 Å². The van der Waals surface area contributed by atoms with E-state index in [1.165, 1.54) is 31.4 Å². The van der Waals surface area contributed by atoms with Gasteiger partial charge in [0.1, 0.15) is 0 Å². The van der Waals surface area contributed by atoms with Crippen LogP contribution in [0, 0.1) is 12.8 Å². The fraction of sp³-hybridized carbons (Fsp3) is 0.692. The minimum Gasteiger partial charge on any atom is -0.317 e. The SMILES string of the molecule is CCNCC1CCCC1c1sccc1C. The summed E-state index contributed by atoms with van der Waals surface area (Å²) >= 11 is 1.96. The molecule has 2 unspecified atom stereocenters. The molecule has 1 saturated carbocycles. The van der Waals surface area contributed by atoms with Crippen molar-refractivity contribution in [2.24, 2.45) is 5.92 Å². The Kier molecular flexibility index (Phi) is 3.81. The van der Waals surface area contributed by atoms with Crippen molar-refractivity contribution in [1.82, 2.24) is 5.32 Å². The van der Waals surface area contributed by atoms with E-state index in [0.29, 0.717) is 0 Å². The van der Waals surface area contributed by atoms with Gasteiger partial charge in [-0.1, -0.05) is 13.3 Å². The molecular weight excluding hydrogens is 202 g/mol. The third-order valence-corrected chi connectivity index (χ3v) is 4.70. The van der Waals surface area contributed by atoms with Crippen LogP contribution in [-0.2, 0) is 0 Å². The standard InChI is InChI=1S/C13H21NS/c1-3-14-9-11-5-4-6-12(11)13-10(2)7-8-15-13/h7-8,11-12,14H,3-6,9H2,1-2H3. The highest BCUT2D eigenvalue weighted by Gasteiger charge is 2.29. The first-order valence-electron chi connectivity index (χ1n) is 6.07. The maximum Gasteiger partial charge on any atom is 0.0109 e. The number of hydrogen-bond donors (Lipinski definition) is 1. The first-order chi connectivity index (χ1) is 7.33. The second-order valence-corrected chi connectivity index (χ2v) is 5.52. The Balaban J connectivity index is 2.04. The van der Waals surface area contributed by atoms with E-state index in [2.05, 4.69) is 30.6 Å². The predicted molar refractivity (Wildman–Crippen MR) is 67.7 cm³/mol. The lowest BCUT2D eigenvalue weighted by atomic mass is 9.92. The van der Waals surface area contributed by atoms with Gasteiger partial charge in [0, 0.05) is 4.88 Å². The average molecular weight is 223 g/mol. The van der Waals surface area contributed by atoms with E-state index < -0.39 is 0 Å². The molecule has 0 aliphatic heterocycles. The van der Waals surface area contributed by atoms with Crippen LogP contribution in [-0.4, -0.2) is 13.1 Å². The van der Waals surface area contributed by atoms with Crippen LogP contribution in [0.5, 0.6) is 0 Å². The van der Waals surface area contributed by atoms with E-state index in [9.17, 15) is 0 Å². The molecular formula is C13H21NS. The molecule has 0 amide bonds. The van der Waals surface area contributed by atoms with Crippen LogP contribution in [0.1, 0.15) is 42.5 Å². The molecule has 1 aliphatic carbocycles. The molecule has 0 radical (unpaired) electrons. The summed E-state index contributed by atoms with van der Waals surface area (Å²) in [6.45, 7) is 6.76. The minimum absolute atomic E-state index is 0.837. The number of nitrogens with one attached hydrogen (secondary N) is 1. The number of thiophene rings is 1. The van der Waals surface area contributed by atoms with Crippen molar-refractivity contribution in [2.75, 3.05) is 13.1 Å². The van der Waals surface area contributed by atoms with Crippen LogP contribution >= 0.6 is 11.3 Å². The van der Waals surface area contributed by atoms with E-state index in [1.54, 1.807) is 4.88 Å². The molecule has 1 aromatic heterocycles. The van der Waals surface area contributed by atoms with Crippen molar-refractivity contribution in [3.63, 3.8) is 0 Å². The summed E-state index contributed by atoms with van der Waals surface area (Å²) in [5, 5.41) is 5.75. The van der Waals surface area contributed by atoms with Gasteiger partial charge >= 0.3 is 0 Å². The molecule has 1 aromatic rings. The number of aryl methyl sites for hydroxylation is 1. The van der Waals surface area contributed by atoms with Crippen LogP contribution in [0.25, 0.3) is 0 Å². The quantitative estimate of drug-likeness (QED) is 0.823. The summed E-state index contributed by atoms with van der Waals surface area (Å²) in [5.41, 5.74) is 1.51. The molecule has 15 heavy (non-hydrogen) atoms. The Hall–Kier alpha value is -0.340. The van der Waals surface area contributed by atoms with E-state index in [-0.39, 0.29) is 0 Å². The van der Waals surface area contributed by atoms with Crippen molar-refractivity contribution in [1.29, 1.82) is 0 Å². The summed E-state index contributed by atoms with van der Waals surface area (Å²) in [6.07, 6.45) is 4.23. The molecule has 0 bridgehead atoms. The fourth-order valence-electron chi connectivity index (χ4n) is 2.72. The summed E-state index contributed by atoms with van der Waals surface area (Å²) in [4.78, 5) is 1.65. The third-order valence-electron chi connectivity index (χ3n) is 3.55. The molecule has 1 fully saturated rings. The van der Waals surface area contributed by atoms with Gasteiger partial charge < -0.3 is 5.32 Å². The van der Waals surface area contributed by atoms with Crippen molar-refractivity contribution >= 4 is 11.3 Å². The molecule has 0 saturated heterocycles. The predicted octanol–water partition coefficient (Wildman–Crippen LogP) is 3.55. The van der Waals surface area contributed by atoms with Crippen LogP contribution in [0.4, 0.5) is 0 Å². The van der Waals surface area contributed by atoms with Crippen LogP contribution in [0.3, 0.4) is 0 Å². The molecule has 0 spiro atoms. The summed E-state index contributed by atoms with van der Waals surface area (Å²) < 4.78 is 0. The zero-order valence-corrected chi connectivity index (χ0v) is 10.6. The van der Waals surface area contributed by atoms with E-state index >= 15 is 0 Å². The van der Waals surface area contributed by atoms with E-state index in [0.717, 1.165) is 18.4 Å². The first kappa shape index (κ1) is 11.2. The monoisotopic (exact) mass is 223 g/mol. The van der Waals surface area contributed by atoms with Crippen LogP contribution in [0.15, 0.2) is 11.4 Å². The number of rotatable bonds is 4. The summed E-state index contributed by atoms with van der Waals surface area (Å²) in [7, 11) is 0. The smallest absolute Gasteiger partial charge is 0.0109 e. The lowest BCUT2D eigenvalue weighted by molar-refractivity contribution is 0.453. The third kappa shape index (κ3) is 2.43. The normalized spacial score (nSPS) is 26.0. The molecule has 84 valence electrons. The van der Waals surface area contributed by atoms with Gasteiger partial charge in [-0.2, -0.15) is 0 Å². The average Bonchev–Trinajstić information content (AvgIpc) is 2.82. The number of hydrogen-bond acceptors (Lipinski definition) is 2. The van der Waals surface area contributed by atoms with Gasteiger partial charge in [-0.15, -0.1) is 11.3 Å². The molecule has 1 heterocycles. The fourth-order valence-corrected chi connectivity index (χ4v) is 3.88. The van der Waals surface area contributed by atoms with Gasteiger partial charge in [0.15, 0.2) is 0 Å². The highest BCUT2D eigenvalue weighted by atomic mass is 32.1. The van der Waals surface area contributed by atoms with E-state index in [4.69, 9.17) is 0 Å².